The van der Waals surface area contributed by atoms with Crippen LogP contribution in [-0.2, 0) is 4.74 Å². The third kappa shape index (κ3) is 3.05. The molecule has 0 unspecified atom stereocenters. The molecule has 1 aromatic rings. The molecule has 74 valence electrons. The van der Waals surface area contributed by atoms with Crippen molar-refractivity contribution in [1.29, 1.82) is 0 Å². The van der Waals surface area contributed by atoms with Crippen molar-refractivity contribution < 1.29 is 9.13 Å². The maximum Gasteiger partial charge on any atom is 0.165 e. The van der Waals surface area contributed by atoms with Gasteiger partial charge in [0.15, 0.2) is 5.83 Å². The first-order valence-electron chi connectivity index (χ1n) is 4.48. The van der Waals surface area contributed by atoms with E-state index in [1.54, 1.807) is 6.92 Å². The van der Waals surface area contributed by atoms with Gasteiger partial charge < -0.3 is 4.74 Å². The van der Waals surface area contributed by atoms with Gasteiger partial charge in [-0.2, -0.15) is 0 Å². The van der Waals surface area contributed by atoms with Crippen molar-refractivity contribution in [1.82, 2.24) is 0 Å². The first kappa shape index (κ1) is 10.5. The molecular weight excluding hydrogens is 179 g/mol. The standard InChI is InChI=1S/C12H13FO/c1-3-14-10(2)12(13)9-11-7-5-4-6-8-11/h4-9H,2-3H2,1H3/b12-9-. The number of hydrogen-bond donors (Lipinski definition) is 0. The summed E-state index contributed by atoms with van der Waals surface area (Å²) in [5.41, 5.74) is 0.797. The number of rotatable bonds is 4. The van der Waals surface area contributed by atoms with Crippen LogP contribution in [0, 0.1) is 0 Å². The minimum atomic E-state index is -0.432. The van der Waals surface area contributed by atoms with Crippen LogP contribution in [0.4, 0.5) is 4.39 Å². The second-order valence-corrected chi connectivity index (χ2v) is 2.76. The molecule has 0 aromatic heterocycles. The van der Waals surface area contributed by atoms with Crippen molar-refractivity contribution >= 4 is 6.08 Å². The van der Waals surface area contributed by atoms with Crippen molar-refractivity contribution in [3.8, 4) is 0 Å². The maximum atomic E-state index is 13.3. The van der Waals surface area contributed by atoms with Gasteiger partial charge >= 0.3 is 0 Å². The third-order valence-corrected chi connectivity index (χ3v) is 1.68. The Bertz CT molecular complexity index is 327. The van der Waals surface area contributed by atoms with E-state index in [9.17, 15) is 4.39 Å². The minimum Gasteiger partial charge on any atom is -0.491 e. The van der Waals surface area contributed by atoms with Crippen LogP contribution in [0.25, 0.3) is 6.08 Å². The average Bonchev–Trinajstić information content (AvgIpc) is 2.19. The van der Waals surface area contributed by atoms with Crippen LogP contribution in [0.3, 0.4) is 0 Å². The number of halogens is 1. The van der Waals surface area contributed by atoms with Crippen molar-refractivity contribution in [3.63, 3.8) is 0 Å². The molecule has 0 saturated heterocycles. The van der Waals surface area contributed by atoms with Crippen molar-refractivity contribution in [2.75, 3.05) is 6.61 Å². The van der Waals surface area contributed by atoms with Crippen LogP contribution >= 0.6 is 0 Å². The second-order valence-electron chi connectivity index (χ2n) is 2.76. The van der Waals surface area contributed by atoms with Crippen LogP contribution in [0.1, 0.15) is 12.5 Å². The van der Waals surface area contributed by atoms with Gasteiger partial charge in [-0.15, -0.1) is 0 Å². The molecule has 1 rings (SSSR count). The summed E-state index contributed by atoms with van der Waals surface area (Å²) in [6.45, 7) is 5.69. The van der Waals surface area contributed by atoms with E-state index in [-0.39, 0.29) is 5.76 Å². The Kier molecular flexibility index (Phi) is 3.92. The lowest BCUT2D eigenvalue weighted by Gasteiger charge is -2.03. The van der Waals surface area contributed by atoms with E-state index in [0.717, 1.165) is 5.56 Å². The smallest absolute Gasteiger partial charge is 0.165 e. The van der Waals surface area contributed by atoms with E-state index in [2.05, 4.69) is 6.58 Å². The van der Waals surface area contributed by atoms with E-state index in [1.165, 1.54) is 6.08 Å². The molecule has 1 aromatic carbocycles. The lowest BCUT2D eigenvalue weighted by molar-refractivity contribution is 0.227. The van der Waals surface area contributed by atoms with Gasteiger partial charge in [0.2, 0.25) is 0 Å². The van der Waals surface area contributed by atoms with Crippen LogP contribution in [0.15, 0.2) is 48.5 Å². The summed E-state index contributed by atoms with van der Waals surface area (Å²) >= 11 is 0. The molecule has 14 heavy (non-hydrogen) atoms. The Hall–Kier alpha value is -1.57. The molecule has 1 nitrogen and oxygen atoms in total. The monoisotopic (exact) mass is 192 g/mol. The molecular formula is C12H13FO. The minimum absolute atomic E-state index is 0.0800. The van der Waals surface area contributed by atoms with Crippen LogP contribution in [-0.4, -0.2) is 6.61 Å². The van der Waals surface area contributed by atoms with Gasteiger partial charge in [0.25, 0.3) is 0 Å². The third-order valence-electron chi connectivity index (χ3n) is 1.68. The molecule has 0 atom stereocenters. The average molecular weight is 192 g/mol. The summed E-state index contributed by atoms with van der Waals surface area (Å²) in [7, 11) is 0. The Labute approximate surface area is 83.5 Å². The molecule has 0 saturated carbocycles. The summed E-state index contributed by atoms with van der Waals surface area (Å²) in [4.78, 5) is 0. The molecule has 0 N–H and O–H groups in total. The fourth-order valence-corrected chi connectivity index (χ4v) is 1.02. The normalized spacial score (nSPS) is 11.1. The molecule has 0 spiro atoms. The fourth-order valence-electron chi connectivity index (χ4n) is 1.02. The van der Waals surface area contributed by atoms with Gasteiger partial charge in [0, 0.05) is 0 Å². The zero-order valence-corrected chi connectivity index (χ0v) is 8.16. The maximum absolute atomic E-state index is 13.3. The number of ether oxygens (including phenoxy) is 1. The molecule has 0 aliphatic rings. The van der Waals surface area contributed by atoms with Gasteiger partial charge in [-0.3, -0.25) is 0 Å². The van der Waals surface area contributed by atoms with Gasteiger partial charge in [-0.25, -0.2) is 4.39 Å². The summed E-state index contributed by atoms with van der Waals surface area (Å²) in [5.74, 6) is -0.352. The molecule has 0 heterocycles. The van der Waals surface area contributed by atoms with Crippen LogP contribution in [0.2, 0.25) is 0 Å². The Balaban J connectivity index is 2.74. The van der Waals surface area contributed by atoms with Crippen molar-refractivity contribution in [2.24, 2.45) is 0 Å². The summed E-state index contributed by atoms with van der Waals surface area (Å²) in [6.07, 6.45) is 1.40. The van der Waals surface area contributed by atoms with Gasteiger partial charge in [-0.05, 0) is 18.6 Å². The number of hydrogen-bond acceptors (Lipinski definition) is 1. The SMILES string of the molecule is C=C(OCC)/C(F)=C/c1ccccc1. The molecule has 0 aliphatic carbocycles. The highest BCUT2D eigenvalue weighted by Gasteiger charge is 2.01. The quantitative estimate of drug-likeness (QED) is 0.523. The first-order chi connectivity index (χ1) is 6.74. The second kappa shape index (κ2) is 5.22. The highest BCUT2D eigenvalue weighted by Crippen LogP contribution is 2.15. The van der Waals surface area contributed by atoms with Crippen molar-refractivity contribution in [3.05, 3.63) is 54.1 Å². The van der Waals surface area contributed by atoms with E-state index >= 15 is 0 Å². The van der Waals surface area contributed by atoms with E-state index in [1.807, 2.05) is 30.3 Å². The zero-order valence-electron chi connectivity index (χ0n) is 8.16. The molecule has 2 heteroatoms. The molecule has 0 fully saturated rings. The predicted molar refractivity (Wildman–Crippen MR) is 56.3 cm³/mol. The predicted octanol–water partition coefficient (Wildman–Crippen LogP) is 3.55. The number of benzene rings is 1. The van der Waals surface area contributed by atoms with Gasteiger partial charge in [-0.1, -0.05) is 36.9 Å². The summed E-state index contributed by atoms with van der Waals surface area (Å²) in [6, 6.07) is 9.22. The Morgan fingerprint density at radius 1 is 1.43 bits per heavy atom. The topological polar surface area (TPSA) is 9.23 Å². The molecule has 0 aliphatic heterocycles. The highest BCUT2D eigenvalue weighted by molar-refractivity contribution is 5.54. The number of allylic oxidation sites excluding steroid dienone is 1. The van der Waals surface area contributed by atoms with E-state index < -0.39 is 5.83 Å². The van der Waals surface area contributed by atoms with Gasteiger partial charge in [0.1, 0.15) is 5.76 Å². The van der Waals surface area contributed by atoms with Crippen LogP contribution in [0.5, 0.6) is 0 Å². The first-order valence-corrected chi connectivity index (χ1v) is 4.48. The molecule has 0 radical (unpaired) electrons. The largest absolute Gasteiger partial charge is 0.491 e. The van der Waals surface area contributed by atoms with Gasteiger partial charge in [0.05, 0.1) is 6.61 Å². The molecule has 0 amide bonds. The Morgan fingerprint density at radius 2 is 2.07 bits per heavy atom. The zero-order chi connectivity index (χ0) is 10.4. The summed E-state index contributed by atoms with van der Waals surface area (Å²) < 4.78 is 18.2. The summed E-state index contributed by atoms with van der Waals surface area (Å²) in [5, 5.41) is 0. The van der Waals surface area contributed by atoms with Crippen molar-refractivity contribution in [2.45, 2.75) is 6.92 Å². The highest BCUT2D eigenvalue weighted by atomic mass is 19.1. The van der Waals surface area contributed by atoms with E-state index in [4.69, 9.17) is 4.74 Å². The lowest BCUT2D eigenvalue weighted by Crippen LogP contribution is -1.90. The molecule has 0 bridgehead atoms. The van der Waals surface area contributed by atoms with E-state index in [0.29, 0.717) is 6.61 Å². The lowest BCUT2D eigenvalue weighted by atomic mass is 10.2. The van der Waals surface area contributed by atoms with Crippen LogP contribution < -0.4 is 0 Å². The Morgan fingerprint density at radius 3 is 2.64 bits per heavy atom. The fraction of sp³-hybridized carbons (Fsp3) is 0.167.